The van der Waals surface area contributed by atoms with Crippen molar-refractivity contribution in [3.63, 3.8) is 0 Å². The van der Waals surface area contributed by atoms with Crippen LogP contribution in [0.3, 0.4) is 0 Å². The molecule has 0 saturated carbocycles. The van der Waals surface area contributed by atoms with E-state index in [2.05, 4.69) is 170 Å². The molecule has 7 aromatic carbocycles. The van der Waals surface area contributed by atoms with E-state index in [1.807, 2.05) is 0 Å². The summed E-state index contributed by atoms with van der Waals surface area (Å²) >= 11 is 0. The van der Waals surface area contributed by atoms with Gasteiger partial charge in [0.1, 0.15) is 43.3 Å². The van der Waals surface area contributed by atoms with E-state index >= 15 is 0 Å². The zero-order valence-electron chi connectivity index (χ0n) is 28.9. The Morgan fingerprint density at radius 1 is 0.423 bits per heavy atom. The van der Waals surface area contributed by atoms with Gasteiger partial charge in [0, 0.05) is 30.6 Å². The average Bonchev–Trinajstić information content (AvgIpc) is 3.20. The molecule has 0 spiro atoms. The zero-order chi connectivity index (χ0) is 35.4. The van der Waals surface area contributed by atoms with Crippen LogP contribution in [-0.2, 0) is 19.5 Å². The Morgan fingerprint density at radius 2 is 0.712 bits per heavy atom. The van der Waals surface area contributed by atoms with Crippen LogP contribution in [0.4, 0.5) is 0 Å². The molecular formula is C45H39O4P2Rh+. The minimum Gasteiger partial charge on any atom is -0.545 e. The van der Waals surface area contributed by atoms with Crippen LogP contribution in [-0.4, -0.2) is 20.2 Å². The first-order valence-corrected chi connectivity index (χ1v) is 19.7. The molecule has 0 aliphatic heterocycles. The Labute approximate surface area is 321 Å². The molecular weight excluding hydrogens is 769 g/mol. The van der Waals surface area contributed by atoms with E-state index in [4.69, 9.17) is 9.47 Å². The second-order valence-electron chi connectivity index (χ2n) is 11.6. The van der Waals surface area contributed by atoms with Crippen LogP contribution in [0, 0.1) is 0 Å². The molecule has 52 heavy (non-hydrogen) atoms. The standard InChI is InChI=1S/C36H28P2.C9H10O4.Rh/c1-5-17-29(18-6-1)37(30-19-7-2-8-20-30)35-27-15-13-25-33(35)34-26-14-16-28-36(34)38(31-21-9-3-10-22-31)32-23-11-4-12-24-32;1-12-6-4-3-5-7(13-2)8(6)9(10)11;/h1-28H;3-5H,1-2H3,(H,10,11);/p+1. The molecule has 0 aliphatic carbocycles. The minimum absolute atomic E-state index is 0. The number of carbonyl (C=O) groups is 1. The maximum absolute atomic E-state index is 10.7. The van der Waals surface area contributed by atoms with Gasteiger partial charge in [-0.3, -0.25) is 0 Å². The summed E-state index contributed by atoms with van der Waals surface area (Å²) < 4.78 is 9.70. The van der Waals surface area contributed by atoms with E-state index in [-0.39, 0.29) is 36.5 Å². The van der Waals surface area contributed by atoms with Gasteiger partial charge in [-0.1, -0.05) is 115 Å². The third-order valence-corrected chi connectivity index (χ3v) is 14.2. The molecule has 261 valence electrons. The molecule has 0 amide bonds. The van der Waals surface area contributed by atoms with E-state index in [1.54, 1.807) is 6.07 Å². The van der Waals surface area contributed by atoms with Gasteiger partial charge < -0.3 is 19.4 Å². The first-order chi connectivity index (χ1) is 25.1. The first-order valence-electron chi connectivity index (χ1n) is 16.7. The van der Waals surface area contributed by atoms with Gasteiger partial charge in [-0.05, 0) is 72.8 Å². The number of carbonyl (C=O) groups excluding carboxylic acids is 1. The predicted octanol–water partition coefficient (Wildman–Crippen LogP) is 6.40. The van der Waals surface area contributed by atoms with Gasteiger partial charge in [0.2, 0.25) is 0 Å². The van der Waals surface area contributed by atoms with Crippen molar-refractivity contribution in [2.45, 2.75) is 0 Å². The van der Waals surface area contributed by atoms with Crippen molar-refractivity contribution in [3.05, 3.63) is 194 Å². The summed E-state index contributed by atoms with van der Waals surface area (Å²) in [6.45, 7) is 0. The van der Waals surface area contributed by atoms with Crippen molar-refractivity contribution < 1.29 is 38.9 Å². The number of aromatic carboxylic acids is 1. The van der Waals surface area contributed by atoms with Crippen LogP contribution in [0.25, 0.3) is 11.1 Å². The molecule has 0 aromatic heterocycles. The maximum Gasteiger partial charge on any atom is 0.131 e. The summed E-state index contributed by atoms with van der Waals surface area (Å²) in [4.78, 5) is 10.7. The van der Waals surface area contributed by atoms with Crippen molar-refractivity contribution in [1.29, 1.82) is 0 Å². The molecule has 0 unspecified atom stereocenters. The van der Waals surface area contributed by atoms with Crippen molar-refractivity contribution in [2.24, 2.45) is 0 Å². The number of ether oxygens (including phenoxy) is 2. The second-order valence-corrected chi connectivity index (χ2v) is 16.5. The second kappa shape index (κ2) is 19.1. The normalized spacial score (nSPS) is 10.5. The predicted molar refractivity (Wildman–Crippen MR) is 216 cm³/mol. The number of carboxylic acids is 1. The molecule has 0 atom stereocenters. The zero-order valence-corrected chi connectivity index (χ0v) is 32.5. The molecule has 7 rings (SSSR count). The third kappa shape index (κ3) is 8.93. The van der Waals surface area contributed by atoms with E-state index in [0.717, 1.165) is 0 Å². The molecule has 0 saturated heterocycles. The molecule has 7 heteroatoms. The summed E-state index contributed by atoms with van der Waals surface area (Å²) in [5.74, 6) is -0.840. The smallest absolute Gasteiger partial charge is 0.131 e. The number of benzene rings is 7. The first kappa shape index (κ1) is 38.3. The Kier molecular flexibility index (Phi) is 14.1. The maximum atomic E-state index is 10.7. The monoisotopic (exact) mass is 808 g/mol. The molecule has 0 bridgehead atoms. The van der Waals surface area contributed by atoms with E-state index in [9.17, 15) is 9.90 Å². The number of carboxylic acid groups (broad SMARTS) is 1. The number of hydrogen-bond acceptors (Lipinski definition) is 4. The van der Waals surface area contributed by atoms with Crippen LogP contribution >= 0.6 is 15.8 Å². The molecule has 7 aromatic rings. The number of rotatable bonds is 10. The van der Waals surface area contributed by atoms with Gasteiger partial charge in [-0.15, -0.1) is 0 Å². The van der Waals surface area contributed by atoms with Crippen LogP contribution in [0.15, 0.2) is 188 Å². The number of hydrogen-bond donors (Lipinski definition) is 0. The Bertz CT molecular complexity index is 1940. The summed E-state index contributed by atoms with van der Waals surface area (Å²) in [6, 6.07) is 67.1. The van der Waals surface area contributed by atoms with Gasteiger partial charge in [0.05, 0.1) is 41.6 Å². The average molecular weight is 809 g/mol. The summed E-state index contributed by atoms with van der Waals surface area (Å²) in [5.41, 5.74) is 2.63. The SMILES string of the molecule is COc1cccc(OC)c1C(=O)[O-].[Rh].c1ccc([PH+](c2ccccc2)c2ccccc2-c2ccccc2[PH+](c2ccccc2)c2ccccc2)cc1. The van der Waals surface area contributed by atoms with E-state index < -0.39 is 21.8 Å². The molecule has 1 radical (unpaired) electrons. The fraction of sp³-hybridized carbons (Fsp3) is 0.0444. The summed E-state index contributed by atoms with van der Waals surface area (Å²) in [7, 11) is 0.355. The molecule has 0 heterocycles. The molecule has 0 fully saturated rings. The molecule has 0 N–H and O–H groups in total. The minimum atomic E-state index is -1.31. The van der Waals surface area contributed by atoms with Crippen LogP contribution in [0.5, 0.6) is 11.5 Å². The van der Waals surface area contributed by atoms with E-state index in [0.29, 0.717) is 0 Å². The van der Waals surface area contributed by atoms with E-state index in [1.165, 1.54) is 69.3 Å². The molecule has 0 aliphatic rings. The van der Waals surface area contributed by atoms with Gasteiger partial charge in [0.25, 0.3) is 0 Å². The van der Waals surface area contributed by atoms with Crippen molar-refractivity contribution >= 4 is 53.6 Å². The van der Waals surface area contributed by atoms with Crippen LogP contribution in [0.2, 0.25) is 0 Å². The van der Waals surface area contributed by atoms with Crippen molar-refractivity contribution in [3.8, 4) is 22.6 Å². The van der Waals surface area contributed by atoms with Gasteiger partial charge in [0.15, 0.2) is 0 Å². The fourth-order valence-corrected chi connectivity index (χ4v) is 11.8. The van der Waals surface area contributed by atoms with Crippen LogP contribution < -0.4 is 46.4 Å². The summed E-state index contributed by atoms with van der Waals surface area (Å²) in [6.07, 6.45) is 0. The van der Waals surface area contributed by atoms with Crippen molar-refractivity contribution in [2.75, 3.05) is 14.2 Å². The molecule has 4 nitrogen and oxygen atoms in total. The largest absolute Gasteiger partial charge is 0.545 e. The van der Waals surface area contributed by atoms with Crippen LogP contribution in [0.1, 0.15) is 10.4 Å². The Hall–Kier alpha value is -4.91. The Balaban J connectivity index is 0.000000318. The van der Waals surface area contributed by atoms with Gasteiger partial charge >= 0.3 is 0 Å². The fourth-order valence-electron chi connectivity index (χ4n) is 6.30. The van der Waals surface area contributed by atoms with Crippen molar-refractivity contribution in [1.82, 2.24) is 0 Å². The third-order valence-electron chi connectivity index (χ3n) is 8.56. The topological polar surface area (TPSA) is 58.6 Å². The van der Waals surface area contributed by atoms with Gasteiger partial charge in [-0.25, -0.2) is 0 Å². The quantitative estimate of drug-likeness (QED) is 0.119. The van der Waals surface area contributed by atoms with Gasteiger partial charge in [-0.2, -0.15) is 0 Å². The number of methoxy groups -OCH3 is 2. The summed E-state index contributed by atoms with van der Waals surface area (Å²) in [5, 5.41) is 19.2. The Morgan fingerprint density at radius 3 is 1.00 bits per heavy atom.